The molecular weight excluding hydrogens is 399 g/mol. The van der Waals surface area contributed by atoms with Crippen LogP contribution in [0.15, 0.2) is 48.5 Å². The molecule has 0 aliphatic carbocycles. The second-order valence-corrected chi connectivity index (χ2v) is 7.54. The van der Waals surface area contributed by atoms with Gasteiger partial charge in [0, 0.05) is 16.0 Å². The molecule has 25 heavy (non-hydrogen) atoms. The highest BCUT2D eigenvalue weighted by atomic mass is 35.5. The Morgan fingerprint density at radius 3 is 2.52 bits per heavy atom. The zero-order valence-corrected chi connectivity index (χ0v) is 15.6. The van der Waals surface area contributed by atoms with Crippen LogP contribution in [-0.2, 0) is 0 Å². The molecule has 0 saturated carbocycles. The van der Waals surface area contributed by atoms with Gasteiger partial charge in [-0.3, -0.25) is 10.1 Å². The van der Waals surface area contributed by atoms with Gasteiger partial charge in [-0.05, 0) is 29.7 Å². The van der Waals surface area contributed by atoms with Crippen molar-refractivity contribution in [1.29, 1.82) is 0 Å². The lowest BCUT2D eigenvalue weighted by atomic mass is 10.0. The van der Waals surface area contributed by atoms with Crippen LogP contribution in [-0.4, -0.2) is 10.9 Å². The van der Waals surface area contributed by atoms with E-state index in [9.17, 15) is 4.79 Å². The van der Waals surface area contributed by atoms with Crippen LogP contribution in [0.1, 0.15) is 10.4 Å². The highest BCUT2D eigenvalue weighted by Crippen LogP contribution is 2.35. The molecule has 4 rings (SSSR count). The van der Waals surface area contributed by atoms with Gasteiger partial charge in [0.2, 0.25) is 0 Å². The average Bonchev–Trinajstić information content (AvgIpc) is 3.01. The lowest BCUT2D eigenvalue weighted by molar-refractivity contribution is 0.102. The number of benzene rings is 3. The Balaban J connectivity index is 1.74. The van der Waals surface area contributed by atoms with Crippen LogP contribution in [0.2, 0.25) is 15.1 Å². The third-order valence-electron chi connectivity index (χ3n) is 3.79. The first-order valence-electron chi connectivity index (χ1n) is 7.28. The molecular formula is C18H9Cl3N2OS. The van der Waals surface area contributed by atoms with E-state index in [4.69, 9.17) is 34.8 Å². The van der Waals surface area contributed by atoms with Gasteiger partial charge in [0.1, 0.15) is 5.52 Å². The largest absolute Gasteiger partial charge is 0.298 e. The Morgan fingerprint density at radius 2 is 1.68 bits per heavy atom. The maximum absolute atomic E-state index is 12.7. The Kier molecular flexibility index (Phi) is 4.29. The van der Waals surface area contributed by atoms with Crippen LogP contribution in [0.25, 0.3) is 21.0 Å². The van der Waals surface area contributed by atoms with E-state index >= 15 is 0 Å². The van der Waals surface area contributed by atoms with Crippen molar-refractivity contribution in [2.24, 2.45) is 0 Å². The number of thiazole rings is 1. The third-order valence-corrected chi connectivity index (χ3v) is 5.85. The number of halogens is 3. The van der Waals surface area contributed by atoms with Crippen LogP contribution in [0.4, 0.5) is 5.13 Å². The van der Waals surface area contributed by atoms with Crippen LogP contribution in [0.3, 0.4) is 0 Å². The smallest absolute Gasteiger partial charge is 0.258 e. The van der Waals surface area contributed by atoms with Crippen molar-refractivity contribution < 1.29 is 4.79 Å². The fourth-order valence-corrected chi connectivity index (χ4v) is 4.15. The Hall–Kier alpha value is -1.85. The summed E-state index contributed by atoms with van der Waals surface area (Å²) in [6, 6.07) is 14.5. The summed E-state index contributed by atoms with van der Waals surface area (Å²) in [5.74, 6) is -0.255. The summed E-state index contributed by atoms with van der Waals surface area (Å²) in [6.07, 6.45) is 0. The first kappa shape index (κ1) is 16.6. The molecule has 0 aliphatic rings. The van der Waals surface area contributed by atoms with Gasteiger partial charge in [0.05, 0.1) is 14.7 Å². The van der Waals surface area contributed by atoms with Gasteiger partial charge in [-0.1, -0.05) is 70.4 Å². The van der Waals surface area contributed by atoms with Gasteiger partial charge in [0.15, 0.2) is 5.13 Å². The monoisotopic (exact) mass is 406 g/mol. The summed E-state index contributed by atoms with van der Waals surface area (Å²) >= 11 is 19.7. The molecule has 1 heterocycles. The molecule has 4 aromatic rings. The number of nitrogens with one attached hydrogen (secondary N) is 1. The average molecular weight is 408 g/mol. The number of aromatic nitrogens is 1. The highest BCUT2D eigenvalue weighted by molar-refractivity contribution is 7.22. The van der Waals surface area contributed by atoms with Gasteiger partial charge >= 0.3 is 0 Å². The summed E-state index contributed by atoms with van der Waals surface area (Å²) in [4.78, 5) is 17.1. The molecule has 3 nitrogen and oxygen atoms in total. The predicted molar refractivity (Wildman–Crippen MR) is 107 cm³/mol. The maximum Gasteiger partial charge on any atom is 0.258 e. The number of rotatable bonds is 2. The number of nitrogens with zero attached hydrogens (tertiary/aromatic N) is 1. The van der Waals surface area contributed by atoms with E-state index in [1.807, 2.05) is 24.3 Å². The zero-order chi connectivity index (χ0) is 17.6. The van der Waals surface area contributed by atoms with E-state index in [1.165, 1.54) is 11.3 Å². The predicted octanol–water partition coefficient (Wildman–Crippen LogP) is 6.66. The van der Waals surface area contributed by atoms with Gasteiger partial charge < -0.3 is 0 Å². The Labute approximate surface area is 162 Å². The van der Waals surface area contributed by atoms with Crippen molar-refractivity contribution >= 4 is 78.2 Å². The third kappa shape index (κ3) is 2.96. The van der Waals surface area contributed by atoms with E-state index in [2.05, 4.69) is 10.3 Å². The van der Waals surface area contributed by atoms with E-state index in [-0.39, 0.29) is 5.91 Å². The standard InChI is InChI=1S/C18H9Cl3N2OS/c19-12-6-2-3-9-10(12)4-1-5-11(9)17(24)23-18-22-16-14(25-18)8-7-13(20)15(16)21/h1-8H,(H,22,23,24). The minimum atomic E-state index is -0.255. The quantitative estimate of drug-likeness (QED) is 0.403. The normalized spacial score (nSPS) is 11.2. The summed E-state index contributed by atoms with van der Waals surface area (Å²) in [7, 11) is 0. The highest BCUT2D eigenvalue weighted by Gasteiger charge is 2.15. The molecule has 1 amide bonds. The Morgan fingerprint density at radius 1 is 0.920 bits per heavy atom. The maximum atomic E-state index is 12.7. The van der Waals surface area contributed by atoms with Crippen molar-refractivity contribution in [2.75, 3.05) is 5.32 Å². The first-order valence-corrected chi connectivity index (χ1v) is 9.23. The lowest BCUT2D eigenvalue weighted by Crippen LogP contribution is -2.12. The molecule has 124 valence electrons. The first-order chi connectivity index (χ1) is 12.0. The molecule has 0 radical (unpaired) electrons. The molecule has 0 saturated heterocycles. The van der Waals surface area contributed by atoms with Crippen molar-refractivity contribution in [2.45, 2.75) is 0 Å². The fourth-order valence-electron chi connectivity index (χ4n) is 2.62. The van der Waals surface area contributed by atoms with Gasteiger partial charge in [-0.25, -0.2) is 4.98 Å². The van der Waals surface area contributed by atoms with Crippen LogP contribution >= 0.6 is 46.1 Å². The topological polar surface area (TPSA) is 42.0 Å². The molecule has 7 heteroatoms. The van der Waals surface area contributed by atoms with Crippen molar-refractivity contribution in [1.82, 2.24) is 4.98 Å². The van der Waals surface area contributed by atoms with E-state index in [0.29, 0.717) is 31.3 Å². The summed E-state index contributed by atoms with van der Waals surface area (Å²) in [5, 5.41) is 6.33. The summed E-state index contributed by atoms with van der Waals surface area (Å²) in [6.45, 7) is 0. The van der Waals surface area contributed by atoms with Crippen LogP contribution in [0.5, 0.6) is 0 Å². The lowest BCUT2D eigenvalue weighted by Gasteiger charge is -2.07. The van der Waals surface area contributed by atoms with Crippen molar-refractivity contribution in [3.63, 3.8) is 0 Å². The number of amides is 1. The van der Waals surface area contributed by atoms with Crippen molar-refractivity contribution in [3.8, 4) is 0 Å². The number of hydrogen-bond donors (Lipinski definition) is 1. The minimum Gasteiger partial charge on any atom is -0.298 e. The molecule has 0 bridgehead atoms. The molecule has 0 aliphatic heterocycles. The molecule has 0 unspecified atom stereocenters. The van der Waals surface area contributed by atoms with E-state index in [1.54, 1.807) is 24.3 Å². The van der Waals surface area contributed by atoms with Crippen molar-refractivity contribution in [3.05, 3.63) is 69.2 Å². The number of anilines is 1. The molecule has 0 atom stereocenters. The van der Waals surface area contributed by atoms with Gasteiger partial charge in [0.25, 0.3) is 5.91 Å². The number of carbonyl (C=O) groups is 1. The molecule has 3 aromatic carbocycles. The number of fused-ring (bicyclic) bond motifs is 2. The zero-order valence-electron chi connectivity index (χ0n) is 12.5. The molecule has 1 aromatic heterocycles. The second kappa shape index (κ2) is 6.46. The molecule has 0 spiro atoms. The molecule has 0 fully saturated rings. The molecule has 1 N–H and O–H groups in total. The number of hydrogen-bond acceptors (Lipinski definition) is 3. The number of carbonyl (C=O) groups excluding carboxylic acids is 1. The SMILES string of the molecule is O=C(Nc1nc2c(Cl)c(Cl)ccc2s1)c1cccc2c(Cl)cccc12. The van der Waals surface area contributed by atoms with Gasteiger partial charge in [-0.15, -0.1) is 0 Å². The second-order valence-electron chi connectivity index (χ2n) is 5.32. The fraction of sp³-hybridized carbons (Fsp3) is 0. The van der Waals surface area contributed by atoms with Gasteiger partial charge in [-0.2, -0.15) is 0 Å². The Bertz CT molecular complexity index is 1140. The van der Waals surface area contributed by atoms with E-state index < -0.39 is 0 Å². The summed E-state index contributed by atoms with van der Waals surface area (Å²) < 4.78 is 0.852. The van der Waals surface area contributed by atoms with Crippen LogP contribution < -0.4 is 5.32 Å². The van der Waals surface area contributed by atoms with Crippen LogP contribution in [0, 0.1) is 0 Å². The van der Waals surface area contributed by atoms with E-state index in [0.717, 1.165) is 15.5 Å². The minimum absolute atomic E-state index is 0.255. The summed E-state index contributed by atoms with van der Waals surface area (Å²) in [5.41, 5.74) is 1.11.